The van der Waals surface area contributed by atoms with Crippen molar-refractivity contribution in [3.05, 3.63) is 29.8 Å². The lowest BCUT2D eigenvalue weighted by Gasteiger charge is -2.46. The zero-order chi connectivity index (χ0) is 15.4. The van der Waals surface area contributed by atoms with Crippen LogP contribution in [0.2, 0.25) is 0 Å². The Kier molecular flexibility index (Phi) is 5.01. The second-order valence-electron chi connectivity index (χ2n) is 6.39. The first-order valence-corrected chi connectivity index (χ1v) is 8.48. The Balaban J connectivity index is 1.60. The van der Waals surface area contributed by atoms with E-state index in [2.05, 4.69) is 17.0 Å². The van der Waals surface area contributed by atoms with Crippen LogP contribution < -0.4 is 4.74 Å². The number of aliphatic hydroxyl groups is 1. The summed E-state index contributed by atoms with van der Waals surface area (Å²) in [6.07, 6.45) is 3.41. The molecule has 3 rings (SSSR count). The van der Waals surface area contributed by atoms with Gasteiger partial charge in [0, 0.05) is 31.8 Å². The number of para-hydroxylation sites is 1. The SMILES string of the molecule is CCOc1ccccc1CN1CCC2(CC1)OCCC[C@H]2O. The lowest BCUT2D eigenvalue weighted by Crippen LogP contribution is -2.55. The number of benzene rings is 1. The van der Waals surface area contributed by atoms with E-state index >= 15 is 0 Å². The molecule has 1 N–H and O–H groups in total. The minimum absolute atomic E-state index is 0.284. The molecule has 0 aliphatic carbocycles. The van der Waals surface area contributed by atoms with Crippen molar-refractivity contribution in [1.82, 2.24) is 4.90 Å². The fraction of sp³-hybridized carbons (Fsp3) is 0.667. The van der Waals surface area contributed by atoms with Gasteiger partial charge in [-0.3, -0.25) is 4.90 Å². The van der Waals surface area contributed by atoms with Gasteiger partial charge in [-0.2, -0.15) is 0 Å². The van der Waals surface area contributed by atoms with Crippen LogP contribution in [0.1, 0.15) is 38.2 Å². The first-order valence-electron chi connectivity index (χ1n) is 8.48. The Hall–Kier alpha value is -1.10. The van der Waals surface area contributed by atoms with Crippen molar-refractivity contribution < 1.29 is 14.6 Å². The van der Waals surface area contributed by atoms with Gasteiger partial charge in [0.15, 0.2) is 0 Å². The highest BCUT2D eigenvalue weighted by molar-refractivity contribution is 5.33. The highest BCUT2D eigenvalue weighted by atomic mass is 16.5. The molecule has 1 aromatic carbocycles. The third-order valence-corrected chi connectivity index (χ3v) is 4.99. The summed E-state index contributed by atoms with van der Waals surface area (Å²) in [5, 5.41) is 10.3. The second kappa shape index (κ2) is 6.99. The molecule has 0 unspecified atom stereocenters. The van der Waals surface area contributed by atoms with Gasteiger partial charge in [-0.1, -0.05) is 18.2 Å². The number of likely N-dealkylation sites (tertiary alicyclic amines) is 1. The maximum absolute atomic E-state index is 10.3. The van der Waals surface area contributed by atoms with E-state index in [1.54, 1.807) is 0 Å². The molecule has 2 fully saturated rings. The van der Waals surface area contributed by atoms with E-state index in [4.69, 9.17) is 9.47 Å². The second-order valence-corrected chi connectivity index (χ2v) is 6.39. The minimum Gasteiger partial charge on any atom is -0.494 e. The molecule has 2 aliphatic rings. The number of rotatable bonds is 4. The van der Waals surface area contributed by atoms with Crippen LogP contribution in [0.4, 0.5) is 0 Å². The highest BCUT2D eigenvalue weighted by Crippen LogP contribution is 2.35. The molecule has 1 atom stereocenters. The topological polar surface area (TPSA) is 41.9 Å². The van der Waals surface area contributed by atoms with Gasteiger partial charge in [0.1, 0.15) is 5.75 Å². The smallest absolute Gasteiger partial charge is 0.123 e. The molecule has 122 valence electrons. The molecule has 4 nitrogen and oxygen atoms in total. The lowest BCUT2D eigenvalue weighted by atomic mass is 9.82. The maximum Gasteiger partial charge on any atom is 0.123 e. The monoisotopic (exact) mass is 305 g/mol. The van der Waals surface area contributed by atoms with Crippen LogP contribution in [0.3, 0.4) is 0 Å². The normalized spacial score (nSPS) is 25.3. The summed E-state index contributed by atoms with van der Waals surface area (Å²) in [4.78, 5) is 2.44. The minimum atomic E-state index is -0.292. The van der Waals surface area contributed by atoms with Crippen molar-refractivity contribution in [2.45, 2.75) is 50.9 Å². The summed E-state index contributed by atoms with van der Waals surface area (Å²) in [6, 6.07) is 8.27. The first kappa shape index (κ1) is 15.8. The van der Waals surface area contributed by atoms with Gasteiger partial charge in [0.25, 0.3) is 0 Å². The van der Waals surface area contributed by atoms with E-state index < -0.39 is 0 Å². The van der Waals surface area contributed by atoms with Gasteiger partial charge >= 0.3 is 0 Å². The van der Waals surface area contributed by atoms with Crippen molar-refractivity contribution in [3.63, 3.8) is 0 Å². The van der Waals surface area contributed by atoms with Crippen LogP contribution in [0.15, 0.2) is 24.3 Å². The maximum atomic E-state index is 10.3. The summed E-state index contributed by atoms with van der Waals surface area (Å²) in [7, 11) is 0. The number of piperidine rings is 1. The van der Waals surface area contributed by atoms with Gasteiger partial charge in [0.05, 0.1) is 18.3 Å². The predicted molar refractivity (Wildman–Crippen MR) is 86.0 cm³/mol. The van der Waals surface area contributed by atoms with Crippen LogP contribution in [0.25, 0.3) is 0 Å². The van der Waals surface area contributed by atoms with E-state index in [-0.39, 0.29) is 11.7 Å². The van der Waals surface area contributed by atoms with Gasteiger partial charge in [-0.15, -0.1) is 0 Å². The van der Waals surface area contributed by atoms with Gasteiger partial charge in [-0.05, 0) is 38.7 Å². The number of hydrogen-bond acceptors (Lipinski definition) is 4. The van der Waals surface area contributed by atoms with Crippen molar-refractivity contribution in [2.24, 2.45) is 0 Å². The van der Waals surface area contributed by atoms with Crippen molar-refractivity contribution in [3.8, 4) is 5.75 Å². The van der Waals surface area contributed by atoms with Crippen LogP contribution in [0.5, 0.6) is 5.75 Å². The Morgan fingerprint density at radius 2 is 2.09 bits per heavy atom. The van der Waals surface area contributed by atoms with E-state index in [1.807, 2.05) is 19.1 Å². The van der Waals surface area contributed by atoms with Gasteiger partial charge < -0.3 is 14.6 Å². The summed E-state index contributed by atoms with van der Waals surface area (Å²) >= 11 is 0. The van der Waals surface area contributed by atoms with Crippen LogP contribution in [0, 0.1) is 0 Å². The van der Waals surface area contributed by atoms with E-state index in [0.717, 1.165) is 57.7 Å². The number of hydrogen-bond donors (Lipinski definition) is 1. The molecule has 2 saturated heterocycles. The Bertz CT molecular complexity index is 483. The van der Waals surface area contributed by atoms with E-state index in [1.165, 1.54) is 5.56 Å². The largest absolute Gasteiger partial charge is 0.494 e. The Morgan fingerprint density at radius 3 is 2.82 bits per heavy atom. The van der Waals surface area contributed by atoms with Crippen LogP contribution >= 0.6 is 0 Å². The number of ether oxygens (including phenoxy) is 2. The molecule has 22 heavy (non-hydrogen) atoms. The molecule has 0 amide bonds. The van der Waals surface area contributed by atoms with E-state index in [9.17, 15) is 5.11 Å². The van der Waals surface area contributed by atoms with Crippen molar-refractivity contribution in [1.29, 1.82) is 0 Å². The third kappa shape index (κ3) is 3.29. The van der Waals surface area contributed by atoms with Crippen molar-refractivity contribution in [2.75, 3.05) is 26.3 Å². The van der Waals surface area contributed by atoms with Gasteiger partial charge in [0.2, 0.25) is 0 Å². The summed E-state index contributed by atoms with van der Waals surface area (Å²) in [6.45, 7) is 6.35. The van der Waals surface area contributed by atoms with Crippen LogP contribution in [-0.2, 0) is 11.3 Å². The average molecular weight is 305 g/mol. The molecule has 2 aliphatic heterocycles. The fourth-order valence-corrected chi connectivity index (χ4v) is 3.65. The lowest BCUT2D eigenvalue weighted by molar-refractivity contribution is -0.177. The predicted octanol–water partition coefficient (Wildman–Crippen LogP) is 2.59. The molecular formula is C18H27NO3. The summed E-state index contributed by atoms with van der Waals surface area (Å²) < 4.78 is 11.7. The molecular weight excluding hydrogens is 278 g/mol. The average Bonchev–Trinajstić information content (AvgIpc) is 2.55. The molecule has 0 saturated carbocycles. The zero-order valence-electron chi connectivity index (χ0n) is 13.5. The molecule has 1 aromatic rings. The third-order valence-electron chi connectivity index (χ3n) is 4.99. The Morgan fingerprint density at radius 1 is 1.32 bits per heavy atom. The summed E-state index contributed by atoms with van der Waals surface area (Å²) in [5.74, 6) is 0.985. The molecule has 0 aromatic heterocycles. The van der Waals surface area contributed by atoms with Crippen molar-refractivity contribution >= 4 is 0 Å². The fourth-order valence-electron chi connectivity index (χ4n) is 3.65. The molecule has 0 radical (unpaired) electrons. The number of aliphatic hydroxyl groups excluding tert-OH is 1. The Labute approximate surface area is 133 Å². The van der Waals surface area contributed by atoms with Crippen LogP contribution in [-0.4, -0.2) is 48.0 Å². The quantitative estimate of drug-likeness (QED) is 0.928. The molecule has 0 bridgehead atoms. The molecule has 1 spiro atoms. The first-order chi connectivity index (χ1) is 10.7. The standard InChI is InChI=1S/C18H27NO3/c1-2-21-16-7-4-3-6-15(16)14-19-11-9-18(10-12-19)17(20)8-5-13-22-18/h3-4,6-7,17,20H,2,5,8-14H2,1H3/t17-/m1/s1. The summed E-state index contributed by atoms with van der Waals surface area (Å²) in [5.41, 5.74) is 0.958. The molecule has 4 heteroatoms. The highest BCUT2D eigenvalue weighted by Gasteiger charge is 2.43. The number of nitrogens with zero attached hydrogens (tertiary/aromatic N) is 1. The molecule has 2 heterocycles. The van der Waals surface area contributed by atoms with Gasteiger partial charge in [-0.25, -0.2) is 0 Å². The zero-order valence-corrected chi connectivity index (χ0v) is 13.5. The van der Waals surface area contributed by atoms with E-state index in [0.29, 0.717) is 6.61 Å².